The number of azide groups is 1. The summed E-state index contributed by atoms with van der Waals surface area (Å²) in [6.45, 7) is 1.55. The average molecular weight is 280 g/mol. The van der Waals surface area contributed by atoms with E-state index in [1.165, 1.54) is 4.57 Å². The lowest BCUT2D eigenvalue weighted by atomic mass is 10.1. The first-order chi connectivity index (χ1) is 9.60. The molecule has 0 radical (unpaired) electrons. The van der Waals surface area contributed by atoms with Crippen molar-refractivity contribution in [3.8, 4) is 0 Å². The number of ether oxygens (including phenoxy) is 1. The second kappa shape index (κ2) is 5.91. The Kier molecular flexibility index (Phi) is 4.23. The summed E-state index contributed by atoms with van der Waals surface area (Å²) in [5.41, 5.74) is 8.84. The number of hydrogen-bond donors (Lipinski definition) is 2. The van der Waals surface area contributed by atoms with E-state index in [0.717, 1.165) is 5.56 Å². The zero-order chi connectivity index (χ0) is 14.7. The van der Waals surface area contributed by atoms with Crippen molar-refractivity contribution in [2.45, 2.75) is 31.7 Å². The molecule has 3 atom stereocenters. The van der Waals surface area contributed by atoms with E-state index in [1.54, 1.807) is 13.2 Å². The summed E-state index contributed by atoms with van der Waals surface area (Å²) in [7, 11) is 1.69. The summed E-state index contributed by atoms with van der Waals surface area (Å²) in [5.74, 6) is 0.509. The third kappa shape index (κ3) is 2.60. The molecular formula is C11H16N6O3. The maximum absolute atomic E-state index is 12.0. The Bertz CT molecular complexity index is 594. The molecular weight excluding hydrogens is 264 g/mol. The van der Waals surface area contributed by atoms with Crippen LogP contribution in [0.15, 0.2) is 16.1 Å². The van der Waals surface area contributed by atoms with Crippen molar-refractivity contribution in [1.29, 1.82) is 0 Å². The van der Waals surface area contributed by atoms with Gasteiger partial charge in [-0.25, -0.2) is 4.79 Å². The number of aromatic nitrogens is 2. The van der Waals surface area contributed by atoms with Gasteiger partial charge in [-0.15, -0.1) is 0 Å². The molecule has 0 saturated carbocycles. The number of hydrogen-bond acceptors (Lipinski definition) is 6. The number of aryl methyl sites for hydroxylation is 1. The lowest BCUT2D eigenvalue weighted by molar-refractivity contribution is -0.0270. The molecule has 0 amide bonds. The highest BCUT2D eigenvalue weighted by molar-refractivity contribution is 5.40. The Hall–Kier alpha value is -2.09. The molecule has 0 spiro atoms. The molecule has 1 unspecified atom stereocenters. The molecule has 9 heteroatoms. The van der Waals surface area contributed by atoms with Crippen LogP contribution in [0, 0.1) is 6.92 Å². The van der Waals surface area contributed by atoms with Gasteiger partial charge in [0.2, 0.25) is 0 Å². The summed E-state index contributed by atoms with van der Waals surface area (Å²) in [4.78, 5) is 18.6. The summed E-state index contributed by atoms with van der Waals surface area (Å²) in [6, 6.07) is -0.494. The Morgan fingerprint density at radius 1 is 1.75 bits per heavy atom. The minimum Gasteiger partial charge on any atom is -0.394 e. The smallest absolute Gasteiger partial charge is 0.351 e. The van der Waals surface area contributed by atoms with Crippen molar-refractivity contribution in [2.24, 2.45) is 5.11 Å². The van der Waals surface area contributed by atoms with Crippen LogP contribution in [0.2, 0.25) is 0 Å². The summed E-state index contributed by atoms with van der Waals surface area (Å²) < 4.78 is 6.91. The number of rotatable bonds is 4. The molecule has 1 aromatic rings. The molecule has 20 heavy (non-hydrogen) atoms. The predicted octanol–water partition coefficient (Wildman–Crippen LogP) is 0.552. The third-order valence-corrected chi connectivity index (χ3v) is 3.27. The van der Waals surface area contributed by atoms with Crippen molar-refractivity contribution in [2.75, 3.05) is 19.0 Å². The number of nitrogens with zero attached hydrogens (tertiary/aromatic N) is 5. The van der Waals surface area contributed by atoms with E-state index in [2.05, 4.69) is 20.3 Å². The maximum atomic E-state index is 12.0. The Morgan fingerprint density at radius 2 is 2.50 bits per heavy atom. The van der Waals surface area contributed by atoms with Crippen LogP contribution < -0.4 is 11.0 Å². The van der Waals surface area contributed by atoms with E-state index in [9.17, 15) is 9.90 Å². The van der Waals surface area contributed by atoms with Gasteiger partial charge in [0, 0.05) is 30.1 Å². The van der Waals surface area contributed by atoms with Crippen molar-refractivity contribution in [1.82, 2.24) is 9.55 Å². The fraction of sp³-hybridized carbons (Fsp3) is 0.636. The second-order valence-electron chi connectivity index (χ2n) is 4.53. The molecule has 1 aromatic heterocycles. The average Bonchev–Trinajstić information content (AvgIpc) is 2.84. The van der Waals surface area contributed by atoms with Gasteiger partial charge in [-0.1, -0.05) is 5.11 Å². The highest BCUT2D eigenvalue weighted by Gasteiger charge is 2.35. The van der Waals surface area contributed by atoms with Gasteiger partial charge < -0.3 is 15.2 Å². The van der Waals surface area contributed by atoms with Gasteiger partial charge in [-0.2, -0.15) is 4.98 Å². The van der Waals surface area contributed by atoms with Crippen LogP contribution in [0.3, 0.4) is 0 Å². The molecule has 108 valence electrons. The first kappa shape index (κ1) is 14.3. The van der Waals surface area contributed by atoms with Crippen LogP contribution in [0.1, 0.15) is 18.2 Å². The first-order valence-electron chi connectivity index (χ1n) is 6.18. The van der Waals surface area contributed by atoms with Gasteiger partial charge >= 0.3 is 5.69 Å². The van der Waals surface area contributed by atoms with E-state index in [1.807, 2.05) is 6.92 Å². The first-order valence-corrected chi connectivity index (χ1v) is 6.18. The maximum Gasteiger partial charge on any atom is 0.351 e. The Morgan fingerprint density at radius 3 is 3.10 bits per heavy atom. The van der Waals surface area contributed by atoms with E-state index in [0.29, 0.717) is 12.2 Å². The summed E-state index contributed by atoms with van der Waals surface area (Å²) >= 11 is 0. The largest absolute Gasteiger partial charge is 0.394 e. The van der Waals surface area contributed by atoms with Crippen molar-refractivity contribution >= 4 is 5.82 Å². The molecule has 0 aromatic carbocycles. The van der Waals surface area contributed by atoms with Gasteiger partial charge in [0.1, 0.15) is 12.0 Å². The third-order valence-electron chi connectivity index (χ3n) is 3.27. The van der Waals surface area contributed by atoms with Gasteiger partial charge in [-0.05, 0) is 12.5 Å². The minimum atomic E-state index is -0.605. The van der Waals surface area contributed by atoms with Gasteiger partial charge in [-0.3, -0.25) is 4.57 Å². The zero-order valence-corrected chi connectivity index (χ0v) is 11.2. The molecule has 1 aliphatic rings. The quantitative estimate of drug-likeness (QED) is 0.473. The van der Waals surface area contributed by atoms with E-state index < -0.39 is 24.1 Å². The molecule has 0 bridgehead atoms. The van der Waals surface area contributed by atoms with Gasteiger partial charge in [0.05, 0.1) is 18.8 Å². The summed E-state index contributed by atoms with van der Waals surface area (Å²) in [6.07, 6.45) is 0.771. The fourth-order valence-electron chi connectivity index (χ4n) is 2.26. The normalized spacial score (nSPS) is 25.2. The molecule has 1 fully saturated rings. The van der Waals surface area contributed by atoms with Crippen molar-refractivity contribution in [3.63, 3.8) is 0 Å². The zero-order valence-electron chi connectivity index (χ0n) is 11.2. The van der Waals surface area contributed by atoms with Crippen LogP contribution in [0.5, 0.6) is 0 Å². The number of aliphatic hydroxyl groups excluding tert-OH is 1. The number of aliphatic hydroxyl groups is 1. The molecule has 1 aliphatic heterocycles. The van der Waals surface area contributed by atoms with Crippen molar-refractivity contribution < 1.29 is 9.84 Å². The molecule has 2 N–H and O–H groups in total. The van der Waals surface area contributed by atoms with Crippen LogP contribution in [0.4, 0.5) is 5.82 Å². The van der Waals surface area contributed by atoms with Crippen molar-refractivity contribution in [3.05, 3.63) is 32.7 Å². The Balaban J connectivity index is 2.31. The lowest BCUT2D eigenvalue weighted by Gasteiger charge is -2.16. The molecule has 1 saturated heterocycles. The van der Waals surface area contributed by atoms with Crippen LogP contribution in [0.25, 0.3) is 10.4 Å². The lowest BCUT2D eigenvalue weighted by Crippen LogP contribution is -2.28. The standard InChI is InChI=1S/C11H16N6O3/c1-6-4-17(11(19)14-10(6)13-2)9-3-7(15-16-12)8(5-18)20-9/h4,7-9,18H,3,5H2,1-2H3,(H,13,14,19)/t7?,8-,9-/m1/s1. The van der Waals surface area contributed by atoms with E-state index in [4.69, 9.17) is 10.3 Å². The second-order valence-corrected chi connectivity index (χ2v) is 4.53. The van der Waals surface area contributed by atoms with Crippen LogP contribution in [-0.2, 0) is 4.74 Å². The van der Waals surface area contributed by atoms with E-state index in [-0.39, 0.29) is 6.61 Å². The molecule has 9 nitrogen and oxygen atoms in total. The number of anilines is 1. The SMILES string of the molecule is CNc1nc(=O)n([C@H]2CC(N=[N+]=[N-])[C@@H](CO)O2)cc1C. The monoisotopic (exact) mass is 280 g/mol. The Labute approximate surface area is 114 Å². The van der Waals surface area contributed by atoms with E-state index >= 15 is 0 Å². The van der Waals surface area contributed by atoms with Crippen LogP contribution in [-0.4, -0.2) is 40.5 Å². The van der Waals surface area contributed by atoms with Gasteiger partial charge in [0.25, 0.3) is 0 Å². The minimum absolute atomic E-state index is 0.268. The summed E-state index contributed by atoms with van der Waals surface area (Å²) in [5, 5.41) is 15.6. The topological polar surface area (TPSA) is 125 Å². The molecule has 2 heterocycles. The highest BCUT2D eigenvalue weighted by atomic mass is 16.5. The highest BCUT2D eigenvalue weighted by Crippen LogP contribution is 2.30. The number of nitrogens with one attached hydrogen (secondary N) is 1. The molecule has 2 rings (SSSR count). The predicted molar refractivity (Wildman–Crippen MR) is 71.3 cm³/mol. The van der Waals surface area contributed by atoms with Gasteiger partial charge in [0.15, 0.2) is 0 Å². The molecule has 0 aliphatic carbocycles. The fourth-order valence-corrected chi connectivity index (χ4v) is 2.26. The van der Waals surface area contributed by atoms with Crippen LogP contribution >= 0.6 is 0 Å².